The van der Waals surface area contributed by atoms with Crippen LogP contribution in [-0.4, -0.2) is 43.2 Å². The van der Waals surface area contributed by atoms with E-state index in [1.54, 1.807) is 4.90 Å². The summed E-state index contributed by atoms with van der Waals surface area (Å²) in [6.07, 6.45) is 3.08. The molecule has 0 bridgehead atoms. The molecule has 0 aromatic rings. The molecule has 0 spiro atoms. The normalized spacial score (nSPS) is 28.4. The molecule has 1 aliphatic carbocycles. The second kappa shape index (κ2) is 7.10. The maximum absolute atomic E-state index is 12.3. The summed E-state index contributed by atoms with van der Waals surface area (Å²) < 4.78 is 5.48. The monoisotopic (exact) mass is 256 g/mol. The largest absolute Gasteiger partial charge is 0.377 e. The van der Waals surface area contributed by atoms with E-state index in [1.165, 1.54) is 0 Å². The minimum atomic E-state index is 0.147. The highest BCUT2D eigenvalue weighted by atomic mass is 16.5. The van der Waals surface area contributed by atoms with Crippen molar-refractivity contribution in [2.45, 2.75) is 52.2 Å². The van der Waals surface area contributed by atoms with Crippen LogP contribution >= 0.6 is 0 Å². The van der Waals surface area contributed by atoms with Gasteiger partial charge < -0.3 is 15.4 Å². The lowest BCUT2D eigenvalue weighted by Gasteiger charge is -2.34. The van der Waals surface area contributed by atoms with E-state index in [9.17, 15) is 4.79 Å². The van der Waals surface area contributed by atoms with Gasteiger partial charge in [0.2, 0.25) is 5.91 Å². The minimum absolute atomic E-state index is 0.147. The van der Waals surface area contributed by atoms with Crippen molar-refractivity contribution in [3.63, 3.8) is 0 Å². The fourth-order valence-corrected chi connectivity index (χ4v) is 2.62. The summed E-state index contributed by atoms with van der Waals surface area (Å²) >= 11 is 0. The molecule has 1 amide bonds. The predicted octanol–water partition coefficient (Wildman–Crippen LogP) is 1.63. The van der Waals surface area contributed by atoms with E-state index in [1.807, 2.05) is 20.9 Å². The number of nitrogens with two attached hydrogens (primary N) is 1. The maximum atomic E-state index is 12.3. The molecular weight excluding hydrogens is 228 g/mol. The first-order valence-corrected chi connectivity index (χ1v) is 7.04. The number of likely N-dealkylation sites (N-methyl/N-ethyl adjacent to an activating group) is 1. The van der Waals surface area contributed by atoms with Crippen LogP contribution in [0.25, 0.3) is 0 Å². The first-order valence-electron chi connectivity index (χ1n) is 7.04. The Morgan fingerprint density at radius 1 is 1.44 bits per heavy atom. The lowest BCUT2D eigenvalue weighted by atomic mass is 9.77. The molecule has 1 rings (SSSR count). The van der Waals surface area contributed by atoms with Crippen molar-refractivity contribution in [1.82, 2.24) is 4.90 Å². The Morgan fingerprint density at radius 3 is 2.67 bits per heavy atom. The van der Waals surface area contributed by atoms with E-state index < -0.39 is 0 Å². The predicted molar refractivity (Wildman–Crippen MR) is 73.2 cm³/mol. The quantitative estimate of drug-likeness (QED) is 0.813. The first kappa shape index (κ1) is 15.4. The van der Waals surface area contributed by atoms with Gasteiger partial charge >= 0.3 is 0 Å². The zero-order valence-electron chi connectivity index (χ0n) is 12.2. The standard InChI is InChI=1S/C14H28N2O2/c1-10(2)18-8-7-16(4)14(17)13-6-5-12(15)9-11(13)3/h10-13H,5-9,15H2,1-4H3. The van der Waals surface area contributed by atoms with Crippen LogP contribution in [0.1, 0.15) is 40.0 Å². The van der Waals surface area contributed by atoms with Gasteiger partial charge in [-0.15, -0.1) is 0 Å². The lowest BCUT2D eigenvalue weighted by molar-refractivity contribution is -0.137. The molecule has 1 fully saturated rings. The van der Waals surface area contributed by atoms with Crippen molar-refractivity contribution in [2.24, 2.45) is 17.6 Å². The van der Waals surface area contributed by atoms with Gasteiger partial charge in [-0.1, -0.05) is 6.92 Å². The van der Waals surface area contributed by atoms with Gasteiger partial charge in [0.1, 0.15) is 0 Å². The Morgan fingerprint density at radius 2 is 2.11 bits per heavy atom. The molecule has 106 valence electrons. The molecule has 18 heavy (non-hydrogen) atoms. The highest BCUT2D eigenvalue weighted by Crippen LogP contribution is 2.30. The van der Waals surface area contributed by atoms with Gasteiger partial charge in [0, 0.05) is 25.6 Å². The van der Waals surface area contributed by atoms with Crippen LogP contribution in [0, 0.1) is 11.8 Å². The van der Waals surface area contributed by atoms with Gasteiger partial charge in [-0.05, 0) is 39.0 Å². The summed E-state index contributed by atoms with van der Waals surface area (Å²) in [6.45, 7) is 7.44. The number of hydrogen-bond donors (Lipinski definition) is 1. The zero-order valence-corrected chi connectivity index (χ0v) is 12.2. The van der Waals surface area contributed by atoms with Gasteiger partial charge in [-0.2, -0.15) is 0 Å². The number of carbonyl (C=O) groups excluding carboxylic acids is 1. The Kier molecular flexibility index (Phi) is 6.09. The second-order valence-corrected chi connectivity index (χ2v) is 5.84. The van der Waals surface area contributed by atoms with Gasteiger partial charge in [0.25, 0.3) is 0 Å². The summed E-state index contributed by atoms with van der Waals surface area (Å²) in [5.74, 6) is 0.797. The Labute approximate surface area is 111 Å². The molecule has 0 heterocycles. The van der Waals surface area contributed by atoms with Crippen LogP contribution in [0.3, 0.4) is 0 Å². The number of rotatable bonds is 5. The number of carbonyl (C=O) groups is 1. The SMILES string of the molecule is CC(C)OCCN(C)C(=O)C1CCC(N)CC1C. The molecule has 4 heteroatoms. The summed E-state index contributed by atoms with van der Waals surface area (Å²) in [5, 5.41) is 0. The highest BCUT2D eigenvalue weighted by Gasteiger charge is 2.32. The van der Waals surface area contributed by atoms with Gasteiger partial charge in [-0.3, -0.25) is 4.79 Å². The maximum Gasteiger partial charge on any atom is 0.225 e. The van der Waals surface area contributed by atoms with E-state index >= 15 is 0 Å². The first-order chi connectivity index (χ1) is 8.41. The number of amides is 1. The Hall–Kier alpha value is -0.610. The lowest BCUT2D eigenvalue weighted by Crippen LogP contribution is -2.42. The molecule has 2 N–H and O–H groups in total. The van der Waals surface area contributed by atoms with Crippen molar-refractivity contribution in [1.29, 1.82) is 0 Å². The summed E-state index contributed by atoms with van der Waals surface area (Å²) in [5.41, 5.74) is 5.93. The van der Waals surface area contributed by atoms with Gasteiger partial charge in [0.15, 0.2) is 0 Å². The van der Waals surface area contributed by atoms with E-state index in [-0.39, 0.29) is 24.0 Å². The molecule has 1 saturated carbocycles. The van der Waals surface area contributed by atoms with Crippen LogP contribution in [-0.2, 0) is 9.53 Å². The smallest absolute Gasteiger partial charge is 0.225 e. The third kappa shape index (κ3) is 4.58. The molecular formula is C14H28N2O2. The van der Waals surface area contributed by atoms with Crippen LogP contribution in [0.2, 0.25) is 0 Å². The number of ether oxygens (including phenoxy) is 1. The zero-order chi connectivity index (χ0) is 13.7. The minimum Gasteiger partial charge on any atom is -0.377 e. The summed E-state index contributed by atoms with van der Waals surface area (Å²) in [6, 6.07) is 0.277. The third-order valence-corrected chi connectivity index (χ3v) is 3.78. The van der Waals surface area contributed by atoms with Crippen molar-refractivity contribution in [2.75, 3.05) is 20.2 Å². The van der Waals surface area contributed by atoms with Gasteiger partial charge in [0.05, 0.1) is 12.7 Å². The summed E-state index contributed by atoms with van der Waals surface area (Å²) in [4.78, 5) is 14.1. The van der Waals surface area contributed by atoms with Crippen molar-refractivity contribution in [3.8, 4) is 0 Å². The molecule has 3 atom stereocenters. The van der Waals surface area contributed by atoms with E-state index in [2.05, 4.69) is 6.92 Å². The Balaban J connectivity index is 2.38. The molecule has 0 aromatic heterocycles. The fourth-order valence-electron chi connectivity index (χ4n) is 2.62. The van der Waals surface area contributed by atoms with Crippen LogP contribution in [0.15, 0.2) is 0 Å². The fraction of sp³-hybridized carbons (Fsp3) is 0.929. The number of nitrogens with zero attached hydrogens (tertiary/aromatic N) is 1. The molecule has 3 unspecified atom stereocenters. The van der Waals surface area contributed by atoms with Crippen LogP contribution in [0.4, 0.5) is 0 Å². The summed E-state index contributed by atoms with van der Waals surface area (Å²) in [7, 11) is 1.87. The van der Waals surface area contributed by atoms with Crippen molar-refractivity contribution < 1.29 is 9.53 Å². The van der Waals surface area contributed by atoms with Crippen molar-refractivity contribution >= 4 is 5.91 Å². The molecule has 0 aromatic carbocycles. The van der Waals surface area contributed by atoms with Crippen LogP contribution in [0.5, 0.6) is 0 Å². The van der Waals surface area contributed by atoms with E-state index in [0.717, 1.165) is 19.3 Å². The third-order valence-electron chi connectivity index (χ3n) is 3.78. The highest BCUT2D eigenvalue weighted by molar-refractivity contribution is 5.79. The average molecular weight is 256 g/mol. The second-order valence-electron chi connectivity index (χ2n) is 5.84. The average Bonchev–Trinajstić information content (AvgIpc) is 2.27. The van der Waals surface area contributed by atoms with Gasteiger partial charge in [-0.25, -0.2) is 0 Å². The number of hydrogen-bond acceptors (Lipinski definition) is 3. The molecule has 1 aliphatic rings. The Bertz CT molecular complexity index is 269. The molecule has 0 radical (unpaired) electrons. The topological polar surface area (TPSA) is 55.6 Å². The van der Waals surface area contributed by atoms with E-state index in [0.29, 0.717) is 19.1 Å². The molecule has 4 nitrogen and oxygen atoms in total. The van der Waals surface area contributed by atoms with Crippen molar-refractivity contribution in [3.05, 3.63) is 0 Å². The van der Waals surface area contributed by atoms with E-state index in [4.69, 9.17) is 10.5 Å². The molecule has 0 saturated heterocycles. The molecule has 0 aliphatic heterocycles. The van der Waals surface area contributed by atoms with Crippen LogP contribution < -0.4 is 5.73 Å².